The minimum atomic E-state index is -1.93. The number of fused-ring (bicyclic) bond motifs is 1. The molecule has 4 rings (SSSR count). The summed E-state index contributed by atoms with van der Waals surface area (Å²) in [5.74, 6) is 0.112. The molecule has 3 N–H and O–H groups in total. The van der Waals surface area contributed by atoms with E-state index in [4.69, 9.17) is 26.4 Å². The van der Waals surface area contributed by atoms with Crippen LogP contribution in [0.1, 0.15) is 64.0 Å². The number of halogens is 1. The highest BCUT2D eigenvalue weighted by Gasteiger charge is 2.61. The Labute approximate surface area is 243 Å². The highest BCUT2D eigenvalue weighted by molar-refractivity contribution is 5.82. The number of ether oxygens (including phenoxy) is 3. The molecule has 42 heavy (non-hydrogen) atoms. The van der Waals surface area contributed by atoms with E-state index in [9.17, 15) is 19.1 Å². The molecule has 1 aliphatic heterocycles. The van der Waals surface area contributed by atoms with Crippen LogP contribution >= 0.6 is 0 Å². The number of hydrogen-bond donors (Lipinski definition) is 2. The van der Waals surface area contributed by atoms with Gasteiger partial charge in [0.05, 0.1) is 25.0 Å². The van der Waals surface area contributed by atoms with Crippen molar-refractivity contribution in [2.45, 2.75) is 78.2 Å². The van der Waals surface area contributed by atoms with Gasteiger partial charge in [0, 0.05) is 17.4 Å². The molecule has 1 fully saturated rings. The third-order valence-corrected chi connectivity index (χ3v) is 7.70. The van der Waals surface area contributed by atoms with Crippen LogP contribution in [0.4, 0.5) is 10.2 Å². The van der Waals surface area contributed by atoms with Crippen LogP contribution in [0.15, 0.2) is 18.5 Å². The van der Waals surface area contributed by atoms with Crippen molar-refractivity contribution in [3.63, 3.8) is 0 Å². The number of aliphatic hydroxyl groups excluding tert-OH is 1. The summed E-state index contributed by atoms with van der Waals surface area (Å²) in [6.45, 7) is 12.4. The third kappa shape index (κ3) is 5.07. The smallest absolute Gasteiger partial charge is 0.316 e. The van der Waals surface area contributed by atoms with E-state index < -0.39 is 52.7 Å². The van der Waals surface area contributed by atoms with Gasteiger partial charge in [0.25, 0.3) is 0 Å². The quantitative estimate of drug-likeness (QED) is 0.191. The maximum atomic E-state index is 14.1. The van der Waals surface area contributed by atoms with Crippen LogP contribution in [-0.2, 0) is 24.5 Å². The fraction of sp³-hybridized carbons (Fsp3) is 0.500. The number of aromatic nitrogens is 4. The average Bonchev–Trinajstić information content (AvgIpc) is 3.44. The summed E-state index contributed by atoms with van der Waals surface area (Å²) < 4.78 is 33.0. The number of nitrogens with two attached hydrogens (primary N) is 1. The van der Waals surface area contributed by atoms with E-state index in [1.54, 1.807) is 40.7 Å². The topological polar surface area (TPSA) is 152 Å². The van der Waals surface area contributed by atoms with Crippen molar-refractivity contribution in [2.24, 2.45) is 11.3 Å². The van der Waals surface area contributed by atoms with Gasteiger partial charge in [0.15, 0.2) is 22.6 Å². The van der Waals surface area contributed by atoms with Gasteiger partial charge in [-0.25, -0.2) is 4.98 Å². The molecule has 1 saturated heterocycles. The Morgan fingerprint density at radius 3 is 2.52 bits per heavy atom. The number of nitrogens with zero attached hydrogens (tertiary/aromatic N) is 4. The van der Waals surface area contributed by atoms with E-state index in [1.165, 1.54) is 18.0 Å². The van der Waals surface area contributed by atoms with Crippen LogP contribution in [-0.4, -0.2) is 55.4 Å². The zero-order chi connectivity index (χ0) is 31.4. The molecule has 0 saturated carbocycles. The predicted molar refractivity (Wildman–Crippen MR) is 152 cm³/mol. The number of benzene rings is 1. The number of carbonyl (C=O) groups is 2. The van der Waals surface area contributed by atoms with Crippen molar-refractivity contribution in [3.05, 3.63) is 41.2 Å². The number of aliphatic hydroxyl groups is 1. The summed E-state index contributed by atoms with van der Waals surface area (Å²) in [7, 11) is 1.21. The molecule has 3 aromatic rings. The summed E-state index contributed by atoms with van der Waals surface area (Å²) in [6.07, 6.45) is 3.86. The first-order chi connectivity index (χ1) is 19.5. The van der Waals surface area contributed by atoms with Crippen LogP contribution in [0.2, 0.25) is 0 Å². The fourth-order valence-corrected chi connectivity index (χ4v) is 5.84. The van der Waals surface area contributed by atoms with Gasteiger partial charge in [0.2, 0.25) is 0 Å². The van der Waals surface area contributed by atoms with Crippen molar-refractivity contribution in [1.82, 2.24) is 19.5 Å². The summed E-state index contributed by atoms with van der Waals surface area (Å²) in [4.78, 5) is 38.1. The molecule has 4 atom stereocenters. The Morgan fingerprint density at radius 2 is 1.93 bits per heavy atom. The second-order valence-electron chi connectivity index (χ2n) is 12.2. The Kier molecular flexibility index (Phi) is 7.82. The Balaban J connectivity index is 1.87. The van der Waals surface area contributed by atoms with Crippen molar-refractivity contribution < 1.29 is 33.3 Å². The summed E-state index contributed by atoms with van der Waals surface area (Å²) in [6, 6.07) is 3.61. The Morgan fingerprint density at radius 1 is 1.26 bits per heavy atom. The van der Waals surface area contributed by atoms with Crippen LogP contribution in [0.25, 0.3) is 11.2 Å². The molecule has 3 heterocycles. The molecule has 0 bridgehead atoms. The molecule has 224 valence electrons. The van der Waals surface area contributed by atoms with E-state index in [-0.39, 0.29) is 29.2 Å². The first-order valence-corrected chi connectivity index (χ1v) is 13.4. The number of aryl methyl sites for hydroxylation is 2. The number of methoxy groups -OCH3 is 1. The number of imidazole rings is 1. The SMILES string of the molecule is C#C[C@@]1(C(C(=O)OC)C(C)(C)c2c(C)cc(C)cc2OC(=O)C(C)(C)C)O[C@@H](n2cnc3c(N)nc(F)nc32)C[C@@H]1O. The second kappa shape index (κ2) is 10.6. The Hall–Kier alpha value is -4.08. The van der Waals surface area contributed by atoms with Crippen molar-refractivity contribution >= 4 is 28.9 Å². The van der Waals surface area contributed by atoms with E-state index in [0.717, 1.165) is 11.1 Å². The number of hydrogen-bond acceptors (Lipinski definition) is 10. The van der Waals surface area contributed by atoms with Crippen molar-refractivity contribution in [3.8, 4) is 18.1 Å². The number of anilines is 1. The lowest BCUT2D eigenvalue weighted by Gasteiger charge is -2.43. The van der Waals surface area contributed by atoms with Gasteiger partial charge in [-0.1, -0.05) is 25.8 Å². The lowest BCUT2D eigenvalue weighted by atomic mass is 9.63. The summed E-state index contributed by atoms with van der Waals surface area (Å²) in [5, 5.41) is 11.5. The lowest BCUT2D eigenvalue weighted by molar-refractivity contribution is -0.169. The minimum Gasteiger partial charge on any atom is -0.469 e. The standard InChI is InChI=1S/C30H36FN5O6/c1-10-30(18(37)13-19(42-30)36-14-33-21-23(32)34-27(31)35-24(21)36)22(25(38)40-9)29(7,8)20-16(3)11-15(2)12-17(20)41-26(39)28(4,5)6/h1,11-12,14,18-19,22,37H,13H2,2-9H3,(H2,32,34,35)/t18-,19+,22?,30+/m0/s1. The van der Waals surface area contributed by atoms with Crippen LogP contribution in [0.3, 0.4) is 0 Å². The van der Waals surface area contributed by atoms with E-state index >= 15 is 0 Å². The number of nitrogen functional groups attached to an aromatic ring is 1. The largest absolute Gasteiger partial charge is 0.469 e. The molecule has 0 aliphatic carbocycles. The molecule has 0 radical (unpaired) electrons. The normalized spacial score (nSPS) is 21.6. The Bertz CT molecular complexity index is 1600. The van der Waals surface area contributed by atoms with Gasteiger partial charge in [-0.15, -0.1) is 6.42 Å². The second-order valence-corrected chi connectivity index (χ2v) is 12.2. The first-order valence-electron chi connectivity index (χ1n) is 13.4. The highest BCUT2D eigenvalue weighted by atomic mass is 19.1. The van der Waals surface area contributed by atoms with Gasteiger partial charge in [-0.05, 0) is 51.8 Å². The number of carbonyl (C=O) groups excluding carboxylic acids is 2. The fourth-order valence-electron chi connectivity index (χ4n) is 5.84. The lowest BCUT2D eigenvalue weighted by Crippen LogP contribution is -2.56. The third-order valence-electron chi connectivity index (χ3n) is 7.70. The molecular formula is C30H36FN5O6. The molecule has 12 heteroatoms. The zero-order valence-corrected chi connectivity index (χ0v) is 25.0. The van der Waals surface area contributed by atoms with Gasteiger partial charge in [-0.3, -0.25) is 14.2 Å². The maximum absolute atomic E-state index is 14.1. The van der Waals surface area contributed by atoms with Crippen molar-refractivity contribution in [2.75, 3.05) is 12.8 Å². The van der Waals surface area contributed by atoms with Gasteiger partial charge >= 0.3 is 18.0 Å². The van der Waals surface area contributed by atoms with Crippen LogP contribution < -0.4 is 10.5 Å². The van der Waals surface area contributed by atoms with Gasteiger partial charge in [0.1, 0.15) is 17.9 Å². The van der Waals surface area contributed by atoms with E-state index in [0.29, 0.717) is 5.56 Å². The molecule has 1 unspecified atom stereocenters. The molecular weight excluding hydrogens is 545 g/mol. The molecule has 1 aromatic carbocycles. The number of esters is 2. The number of terminal acetylenes is 1. The average molecular weight is 582 g/mol. The minimum absolute atomic E-state index is 0.0321. The van der Waals surface area contributed by atoms with Crippen molar-refractivity contribution in [1.29, 1.82) is 0 Å². The van der Waals surface area contributed by atoms with E-state index in [1.807, 2.05) is 19.9 Å². The molecule has 2 aromatic heterocycles. The molecule has 11 nitrogen and oxygen atoms in total. The van der Waals surface area contributed by atoms with Crippen LogP contribution in [0, 0.1) is 43.6 Å². The summed E-state index contributed by atoms with van der Waals surface area (Å²) in [5.41, 5.74) is 4.10. The van der Waals surface area contributed by atoms with Crippen LogP contribution in [0.5, 0.6) is 5.75 Å². The highest BCUT2D eigenvalue weighted by Crippen LogP contribution is 2.52. The van der Waals surface area contributed by atoms with Gasteiger partial charge in [-0.2, -0.15) is 14.4 Å². The molecule has 1 aliphatic rings. The first kappa shape index (κ1) is 30.9. The monoisotopic (exact) mass is 581 g/mol. The predicted octanol–water partition coefficient (Wildman–Crippen LogP) is 3.53. The zero-order valence-electron chi connectivity index (χ0n) is 25.0. The van der Waals surface area contributed by atoms with Gasteiger partial charge < -0.3 is 25.1 Å². The summed E-state index contributed by atoms with van der Waals surface area (Å²) >= 11 is 0. The molecule has 0 amide bonds. The maximum Gasteiger partial charge on any atom is 0.316 e. The number of rotatable bonds is 6. The van der Waals surface area contributed by atoms with E-state index in [2.05, 4.69) is 20.9 Å². The molecule has 0 spiro atoms.